The normalized spacial score (nSPS) is 16.0. The molecule has 0 aliphatic carbocycles. The van der Waals surface area contributed by atoms with Crippen LogP contribution in [0.15, 0.2) is 91.0 Å². The molecule has 3 nitrogen and oxygen atoms in total. The first kappa shape index (κ1) is 17.5. The van der Waals surface area contributed by atoms with Gasteiger partial charge in [-0.15, -0.1) is 0 Å². The summed E-state index contributed by atoms with van der Waals surface area (Å²) in [5.74, 6) is -1.38. The van der Waals surface area contributed by atoms with Gasteiger partial charge in [0.2, 0.25) is 0 Å². The molecule has 1 N–H and O–H groups in total. The van der Waals surface area contributed by atoms with Crippen molar-refractivity contribution in [2.75, 3.05) is 19.6 Å². The zero-order valence-corrected chi connectivity index (χ0v) is 15.2. The van der Waals surface area contributed by atoms with Gasteiger partial charge in [-0.25, -0.2) is 0 Å². The molecule has 1 aliphatic rings. The lowest BCUT2D eigenvalue weighted by Gasteiger charge is -2.29. The molecular weight excluding hydrogens is 334 g/mol. The first-order valence-corrected chi connectivity index (χ1v) is 9.44. The maximum Gasteiger partial charge on any atom is 0.313 e. The van der Waals surface area contributed by atoms with Gasteiger partial charge in [-0.05, 0) is 23.3 Å². The number of quaternary nitrogens is 1. The predicted octanol–water partition coefficient (Wildman–Crippen LogP) is 4.54. The van der Waals surface area contributed by atoms with Gasteiger partial charge in [0.25, 0.3) is 0 Å². The molecule has 0 radical (unpaired) electrons. The van der Waals surface area contributed by atoms with Crippen LogP contribution in [-0.2, 0) is 4.79 Å². The lowest BCUT2D eigenvalue weighted by molar-refractivity contribution is -0.142. The summed E-state index contributed by atoms with van der Waals surface area (Å²) in [5, 5.41) is 10.2. The number of nitrogens with zero attached hydrogens (tertiary/aromatic N) is 1. The van der Waals surface area contributed by atoms with Crippen LogP contribution >= 0.6 is 0 Å². The monoisotopic (exact) mass is 358 g/mol. The van der Waals surface area contributed by atoms with Gasteiger partial charge in [0.05, 0.1) is 6.54 Å². The Kier molecular flexibility index (Phi) is 4.78. The minimum Gasteiger partial charge on any atom is -0.481 e. The van der Waals surface area contributed by atoms with E-state index < -0.39 is 11.9 Å². The fourth-order valence-electron chi connectivity index (χ4n) is 4.09. The highest BCUT2D eigenvalue weighted by molar-refractivity contribution is 5.73. The Labute approximate surface area is 160 Å². The van der Waals surface area contributed by atoms with Gasteiger partial charge in [-0.3, -0.25) is 9.28 Å². The third-order valence-electron chi connectivity index (χ3n) is 5.65. The predicted molar refractivity (Wildman–Crippen MR) is 109 cm³/mol. The van der Waals surface area contributed by atoms with Crippen molar-refractivity contribution in [2.45, 2.75) is 5.92 Å². The Hall–Kier alpha value is -2.91. The van der Waals surface area contributed by atoms with E-state index in [0.29, 0.717) is 6.54 Å². The molecule has 4 rings (SSSR count). The van der Waals surface area contributed by atoms with Crippen LogP contribution in [-0.4, -0.2) is 30.7 Å². The summed E-state index contributed by atoms with van der Waals surface area (Å²) in [6.07, 6.45) is 0. The third kappa shape index (κ3) is 3.64. The molecule has 1 aliphatic heterocycles. The fourth-order valence-corrected chi connectivity index (χ4v) is 4.09. The molecule has 27 heavy (non-hydrogen) atoms. The van der Waals surface area contributed by atoms with Crippen molar-refractivity contribution in [3.8, 4) is 0 Å². The van der Waals surface area contributed by atoms with Crippen LogP contribution in [0.5, 0.6) is 0 Å². The van der Waals surface area contributed by atoms with Crippen molar-refractivity contribution in [3.63, 3.8) is 0 Å². The van der Waals surface area contributed by atoms with Crippen LogP contribution in [0.25, 0.3) is 0 Å². The van der Waals surface area contributed by atoms with Gasteiger partial charge in [0.15, 0.2) is 0 Å². The number of carboxylic acid groups (broad SMARTS) is 1. The smallest absolute Gasteiger partial charge is 0.313 e. The van der Waals surface area contributed by atoms with Gasteiger partial charge in [-0.2, -0.15) is 0 Å². The van der Waals surface area contributed by atoms with Gasteiger partial charge in [-0.1, -0.05) is 78.9 Å². The summed E-state index contributed by atoms with van der Waals surface area (Å²) in [6, 6.07) is 30.4. The van der Waals surface area contributed by atoms with E-state index in [4.69, 9.17) is 0 Å². The van der Waals surface area contributed by atoms with Gasteiger partial charge in [0.1, 0.15) is 24.7 Å². The molecule has 1 fully saturated rings. The number of para-hydroxylation sites is 1. The molecule has 1 heterocycles. The van der Waals surface area contributed by atoms with Crippen molar-refractivity contribution in [1.29, 1.82) is 0 Å². The first-order valence-electron chi connectivity index (χ1n) is 9.44. The Morgan fingerprint density at radius 2 is 1.22 bits per heavy atom. The summed E-state index contributed by atoms with van der Waals surface area (Å²) in [4.78, 5) is 12.4. The van der Waals surface area contributed by atoms with E-state index >= 15 is 0 Å². The first-order chi connectivity index (χ1) is 13.2. The van der Waals surface area contributed by atoms with E-state index in [-0.39, 0.29) is 5.92 Å². The SMILES string of the molecule is O=C(O)C(C[N+]1(c2ccccc2)CC1)C(c1ccccc1)c1ccccc1. The van der Waals surface area contributed by atoms with Gasteiger partial charge in [0, 0.05) is 5.92 Å². The van der Waals surface area contributed by atoms with Gasteiger partial charge >= 0.3 is 5.97 Å². The van der Waals surface area contributed by atoms with Crippen LogP contribution in [0.4, 0.5) is 5.69 Å². The van der Waals surface area contributed by atoms with E-state index in [0.717, 1.165) is 28.7 Å². The minimum atomic E-state index is -0.729. The average Bonchev–Trinajstić information content (AvgIpc) is 3.51. The third-order valence-corrected chi connectivity index (χ3v) is 5.65. The van der Waals surface area contributed by atoms with E-state index in [1.165, 1.54) is 5.69 Å². The number of rotatable bonds is 7. The fraction of sp³-hybridized carbons (Fsp3) is 0.208. The molecule has 0 bridgehead atoms. The number of hydrogen-bond acceptors (Lipinski definition) is 1. The van der Waals surface area contributed by atoms with Gasteiger partial charge < -0.3 is 5.11 Å². The van der Waals surface area contributed by atoms with Crippen molar-refractivity contribution in [3.05, 3.63) is 102 Å². The Morgan fingerprint density at radius 1 is 0.778 bits per heavy atom. The summed E-state index contributed by atoms with van der Waals surface area (Å²) in [7, 11) is 0. The molecule has 1 unspecified atom stereocenters. The van der Waals surface area contributed by atoms with Crippen molar-refractivity contribution in [2.24, 2.45) is 5.92 Å². The number of hydrogen-bond donors (Lipinski definition) is 1. The lowest BCUT2D eigenvalue weighted by Crippen LogP contribution is -2.39. The van der Waals surface area contributed by atoms with Crippen LogP contribution < -0.4 is 4.48 Å². The quantitative estimate of drug-likeness (QED) is 0.497. The zero-order valence-electron chi connectivity index (χ0n) is 15.2. The zero-order chi connectivity index (χ0) is 18.7. The summed E-state index contributed by atoms with van der Waals surface area (Å²) < 4.78 is 0.758. The van der Waals surface area contributed by atoms with Crippen molar-refractivity contribution in [1.82, 2.24) is 4.48 Å². The second-order valence-corrected chi connectivity index (χ2v) is 7.35. The molecule has 3 heteroatoms. The highest BCUT2D eigenvalue weighted by Gasteiger charge is 2.49. The van der Waals surface area contributed by atoms with Crippen molar-refractivity contribution >= 4 is 11.7 Å². The summed E-state index contributed by atoms with van der Waals surface area (Å²) >= 11 is 0. The van der Waals surface area contributed by atoms with Crippen LogP contribution in [0, 0.1) is 5.92 Å². The van der Waals surface area contributed by atoms with E-state index in [1.807, 2.05) is 78.9 Å². The Balaban J connectivity index is 1.73. The van der Waals surface area contributed by atoms with Crippen LogP contribution in [0.3, 0.4) is 0 Å². The topological polar surface area (TPSA) is 37.3 Å². The summed E-state index contributed by atoms with van der Waals surface area (Å²) in [6.45, 7) is 2.61. The maximum absolute atomic E-state index is 12.4. The molecule has 0 aromatic heterocycles. The molecule has 0 spiro atoms. The molecule has 3 aromatic carbocycles. The highest BCUT2D eigenvalue weighted by atomic mass is 16.4. The molecule has 1 saturated heterocycles. The molecule has 3 aromatic rings. The second kappa shape index (κ2) is 7.37. The molecule has 0 saturated carbocycles. The highest BCUT2D eigenvalue weighted by Crippen LogP contribution is 2.39. The largest absolute Gasteiger partial charge is 0.481 e. The number of carboxylic acids is 1. The number of benzene rings is 3. The van der Waals surface area contributed by atoms with E-state index in [2.05, 4.69) is 12.1 Å². The number of carbonyl (C=O) groups is 1. The second-order valence-electron chi connectivity index (χ2n) is 7.35. The standard InChI is InChI=1S/C24H23NO2/c26-24(27)22(18-25(16-17-25)21-14-8-3-9-15-21)23(19-10-4-1-5-11-19)20-12-6-2-7-13-20/h1-15,22-23H,16-18H2/p+1. The Bertz CT molecular complexity index is 850. The van der Waals surface area contributed by atoms with Crippen LogP contribution in [0.2, 0.25) is 0 Å². The molecule has 1 atom stereocenters. The molecule has 0 amide bonds. The van der Waals surface area contributed by atoms with Crippen LogP contribution in [0.1, 0.15) is 17.0 Å². The maximum atomic E-state index is 12.4. The Morgan fingerprint density at radius 3 is 1.63 bits per heavy atom. The molecule has 136 valence electrons. The lowest BCUT2D eigenvalue weighted by atomic mass is 9.80. The average molecular weight is 358 g/mol. The summed E-state index contributed by atoms with van der Waals surface area (Å²) in [5.41, 5.74) is 3.33. The van der Waals surface area contributed by atoms with E-state index in [1.54, 1.807) is 0 Å². The van der Waals surface area contributed by atoms with Crippen molar-refractivity contribution < 1.29 is 9.90 Å². The van der Waals surface area contributed by atoms with E-state index in [9.17, 15) is 9.90 Å². The number of aliphatic carboxylic acids is 1. The minimum absolute atomic E-state index is 0.163. The molecular formula is C24H24NO2+.